The summed E-state index contributed by atoms with van der Waals surface area (Å²) in [4.78, 5) is 9.75. The highest BCUT2D eigenvalue weighted by Crippen LogP contribution is 2.10. The number of para-hydroxylation sites is 2. The predicted molar refractivity (Wildman–Crippen MR) is 93.8 cm³/mol. The monoisotopic (exact) mass is 314 g/mol. The average molecular weight is 314 g/mol. The van der Waals surface area contributed by atoms with Gasteiger partial charge in [0.15, 0.2) is 0 Å². The Morgan fingerprint density at radius 3 is 1.91 bits per heavy atom. The molecular formula is C20H26O3. The lowest BCUT2D eigenvalue weighted by molar-refractivity contribution is -0.120. The Morgan fingerprint density at radius 2 is 1.35 bits per heavy atom. The molecule has 3 nitrogen and oxygen atoms in total. The molecule has 0 radical (unpaired) electrons. The van der Waals surface area contributed by atoms with Crippen LogP contribution in [-0.2, 0) is 4.79 Å². The van der Waals surface area contributed by atoms with E-state index >= 15 is 0 Å². The molecule has 0 aliphatic carbocycles. The first-order valence-corrected chi connectivity index (χ1v) is 8.20. The third-order valence-corrected chi connectivity index (χ3v) is 3.19. The van der Waals surface area contributed by atoms with Crippen LogP contribution in [0.1, 0.15) is 39.0 Å². The molecular weight excluding hydrogens is 288 g/mol. The van der Waals surface area contributed by atoms with Crippen molar-refractivity contribution in [2.75, 3.05) is 6.61 Å². The summed E-state index contributed by atoms with van der Waals surface area (Å²) in [6, 6.07) is 18.9. The minimum absolute atomic E-state index is 0.412. The van der Waals surface area contributed by atoms with Gasteiger partial charge in [-0.2, -0.15) is 0 Å². The fourth-order valence-electron chi connectivity index (χ4n) is 1.97. The highest BCUT2D eigenvalue weighted by Gasteiger charge is 1.91. The summed E-state index contributed by atoms with van der Waals surface area (Å²) >= 11 is 0. The summed E-state index contributed by atoms with van der Waals surface area (Å²) in [7, 11) is 0. The quantitative estimate of drug-likeness (QED) is 0.468. The first-order chi connectivity index (χ1) is 11.4. The summed E-state index contributed by atoms with van der Waals surface area (Å²) in [5, 5.41) is 0. The summed E-state index contributed by atoms with van der Waals surface area (Å²) in [5.74, 6) is 1.57. The molecule has 0 unspecified atom stereocenters. The van der Waals surface area contributed by atoms with Crippen LogP contribution in [-0.4, -0.2) is 13.1 Å². The van der Waals surface area contributed by atoms with Gasteiger partial charge in [-0.25, -0.2) is 0 Å². The van der Waals surface area contributed by atoms with E-state index in [0.29, 0.717) is 12.2 Å². The van der Waals surface area contributed by atoms with Crippen molar-refractivity contribution in [2.24, 2.45) is 0 Å². The van der Waals surface area contributed by atoms with Gasteiger partial charge < -0.3 is 9.47 Å². The van der Waals surface area contributed by atoms with E-state index < -0.39 is 0 Å². The maximum Gasteiger partial charge on any atom is 0.298 e. The van der Waals surface area contributed by atoms with Gasteiger partial charge in [-0.3, -0.25) is 4.79 Å². The van der Waals surface area contributed by atoms with E-state index in [9.17, 15) is 4.79 Å². The third-order valence-electron chi connectivity index (χ3n) is 3.19. The molecule has 23 heavy (non-hydrogen) atoms. The third kappa shape index (κ3) is 10.1. The van der Waals surface area contributed by atoms with Crippen molar-refractivity contribution in [1.82, 2.24) is 0 Å². The van der Waals surface area contributed by atoms with E-state index in [1.807, 2.05) is 36.4 Å². The van der Waals surface area contributed by atoms with Gasteiger partial charge in [0.25, 0.3) is 6.47 Å². The normalized spacial score (nSPS) is 9.43. The van der Waals surface area contributed by atoms with Crippen molar-refractivity contribution in [1.29, 1.82) is 0 Å². The molecule has 0 amide bonds. The van der Waals surface area contributed by atoms with Crippen LogP contribution in [0.5, 0.6) is 11.5 Å². The largest absolute Gasteiger partial charge is 0.494 e. The zero-order chi connectivity index (χ0) is 16.6. The molecule has 0 saturated heterocycles. The Labute approximate surface area is 139 Å². The first-order valence-electron chi connectivity index (χ1n) is 8.20. The number of benzene rings is 2. The average Bonchev–Trinajstić information content (AvgIpc) is 2.61. The second-order valence-electron chi connectivity index (χ2n) is 5.10. The van der Waals surface area contributed by atoms with E-state index in [0.717, 1.165) is 12.4 Å². The van der Waals surface area contributed by atoms with Crippen LogP contribution in [0.15, 0.2) is 60.7 Å². The fraction of sp³-hybridized carbons (Fsp3) is 0.350. The van der Waals surface area contributed by atoms with Gasteiger partial charge in [-0.05, 0) is 30.7 Å². The van der Waals surface area contributed by atoms with Gasteiger partial charge in [-0.1, -0.05) is 69.0 Å². The SMILES string of the molecule is CCCCCCCOc1ccccc1.O=COc1ccccc1. The number of carbonyl (C=O) groups excluding carboxylic acids is 1. The number of hydrogen-bond acceptors (Lipinski definition) is 3. The predicted octanol–water partition coefficient (Wildman–Crippen LogP) is 5.26. The smallest absolute Gasteiger partial charge is 0.298 e. The Bertz CT molecular complexity index is 497. The topological polar surface area (TPSA) is 35.5 Å². The lowest BCUT2D eigenvalue weighted by Gasteiger charge is -2.04. The van der Waals surface area contributed by atoms with Crippen LogP contribution in [0.25, 0.3) is 0 Å². The molecule has 3 heteroatoms. The first kappa shape index (κ1) is 18.8. The van der Waals surface area contributed by atoms with E-state index in [-0.39, 0.29) is 0 Å². The molecule has 0 bridgehead atoms. The van der Waals surface area contributed by atoms with E-state index in [1.54, 1.807) is 24.3 Å². The highest BCUT2D eigenvalue weighted by molar-refractivity contribution is 5.44. The fourth-order valence-corrected chi connectivity index (χ4v) is 1.97. The summed E-state index contributed by atoms with van der Waals surface area (Å²) in [5.41, 5.74) is 0. The Morgan fingerprint density at radius 1 is 0.783 bits per heavy atom. The maximum absolute atomic E-state index is 9.75. The number of hydrogen-bond donors (Lipinski definition) is 0. The Balaban J connectivity index is 0.000000253. The van der Waals surface area contributed by atoms with Gasteiger partial charge in [-0.15, -0.1) is 0 Å². The lowest BCUT2D eigenvalue weighted by atomic mass is 10.2. The van der Waals surface area contributed by atoms with Gasteiger partial charge in [0.05, 0.1) is 6.61 Å². The minimum Gasteiger partial charge on any atom is -0.494 e. The van der Waals surface area contributed by atoms with Crippen LogP contribution < -0.4 is 9.47 Å². The standard InChI is InChI=1S/C13H20O.C7H6O2/c1-2-3-4-5-9-12-14-13-10-7-6-8-11-13;8-6-9-7-4-2-1-3-5-7/h6-8,10-11H,2-5,9,12H2,1H3;1-6H. The zero-order valence-corrected chi connectivity index (χ0v) is 13.8. The van der Waals surface area contributed by atoms with Crippen molar-refractivity contribution in [3.63, 3.8) is 0 Å². The second kappa shape index (κ2) is 13.4. The molecule has 0 saturated carbocycles. The Hall–Kier alpha value is -2.29. The summed E-state index contributed by atoms with van der Waals surface area (Å²) in [6.45, 7) is 3.50. The molecule has 0 aliphatic rings. The molecule has 2 aromatic rings. The van der Waals surface area contributed by atoms with Crippen molar-refractivity contribution in [3.05, 3.63) is 60.7 Å². The molecule has 0 N–H and O–H groups in total. The number of rotatable bonds is 9. The van der Waals surface area contributed by atoms with Crippen molar-refractivity contribution < 1.29 is 14.3 Å². The Kier molecular flexibility index (Phi) is 10.9. The lowest BCUT2D eigenvalue weighted by Crippen LogP contribution is -1.96. The van der Waals surface area contributed by atoms with Crippen molar-refractivity contribution in [3.8, 4) is 11.5 Å². The van der Waals surface area contributed by atoms with Gasteiger partial charge >= 0.3 is 0 Å². The van der Waals surface area contributed by atoms with Crippen LogP contribution in [0.4, 0.5) is 0 Å². The molecule has 0 spiro atoms. The van der Waals surface area contributed by atoms with Crippen molar-refractivity contribution in [2.45, 2.75) is 39.0 Å². The van der Waals surface area contributed by atoms with Crippen LogP contribution >= 0.6 is 0 Å². The molecule has 0 aromatic heterocycles. The van der Waals surface area contributed by atoms with E-state index in [1.165, 1.54) is 32.1 Å². The van der Waals surface area contributed by atoms with Crippen LogP contribution in [0.2, 0.25) is 0 Å². The van der Waals surface area contributed by atoms with E-state index in [2.05, 4.69) is 11.7 Å². The molecule has 0 fully saturated rings. The maximum atomic E-state index is 9.75. The number of unbranched alkanes of at least 4 members (excludes halogenated alkanes) is 4. The molecule has 2 aromatic carbocycles. The van der Waals surface area contributed by atoms with Gasteiger partial charge in [0.1, 0.15) is 11.5 Å². The molecule has 2 rings (SSSR count). The van der Waals surface area contributed by atoms with E-state index in [4.69, 9.17) is 4.74 Å². The summed E-state index contributed by atoms with van der Waals surface area (Å²) < 4.78 is 10.1. The van der Waals surface area contributed by atoms with Crippen LogP contribution in [0.3, 0.4) is 0 Å². The zero-order valence-electron chi connectivity index (χ0n) is 13.8. The van der Waals surface area contributed by atoms with Gasteiger partial charge in [0.2, 0.25) is 0 Å². The number of carbonyl (C=O) groups is 1. The number of ether oxygens (including phenoxy) is 2. The van der Waals surface area contributed by atoms with Gasteiger partial charge in [0, 0.05) is 0 Å². The highest BCUT2D eigenvalue weighted by atomic mass is 16.5. The minimum atomic E-state index is 0.412. The van der Waals surface area contributed by atoms with Crippen LogP contribution in [0, 0.1) is 0 Å². The van der Waals surface area contributed by atoms with Crippen molar-refractivity contribution >= 4 is 6.47 Å². The molecule has 0 heterocycles. The summed E-state index contributed by atoms with van der Waals surface area (Å²) in [6.07, 6.45) is 6.47. The molecule has 124 valence electrons. The molecule has 0 atom stereocenters. The molecule has 0 aliphatic heterocycles. The second-order valence-corrected chi connectivity index (χ2v) is 5.10.